The summed E-state index contributed by atoms with van der Waals surface area (Å²) in [5, 5.41) is 14.7. The second kappa shape index (κ2) is 10.6. The number of benzene rings is 1. The van der Waals surface area contributed by atoms with Gasteiger partial charge < -0.3 is 15.4 Å². The van der Waals surface area contributed by atoms with Crippen LogP contribution in [-0.2, 0) is 14.8 Å². The minimum atomic E-state index is -3.61. The second-order valence-corrected chi connectivity index (χ2v) is 11.5. The number of amides is 1. The Morgan fingerprint density at radius 3 is 2.68 bits per heavy atom. The first kappa shape index (κ1) is 23.8. The number of carbonyl (C=O) groups excluding carboxylic acids is 1. The number of thioether (sulfide) groups is 1. The number of ether oxygens (including phenoxy) is 1. The Balaban J connectivity index is 1.67. The lowest BCUT2D eigenvalue weighted by atomic mass is 10.2. The Kier molecular flexibility index (Phi) is 8.14. The van der Waals surface area contributed by atoms with Crippen LogP contribution in [0.4, 0.5) is 10.8 Å². The fraction of sp³-hybridized carbons (Fsp3) is 0.526. The lowest BCUT2D eigenvalue weighted by Gasteiger charge is -2.26. The monoisotopic (exact) mass is 485 g/mol. The molecule has 2 N–H and O–H groups in total. The number of nitrogens with one attached hydrogen (secondary N) is 2. The number of methoxy groups -OCH3 is 1. The second-order valence-electron chi connectivity index (χ2n) is 7.34. The molecule has 1 saturated heterocycles. The van der Waals surface area contributed by atoms with Crippen LogP contribution in [0.25, 0.3) is 0 Å². The van der Waals surface area contributed by atoms with Crippen LogP contribution in [0.1, 0.15) is 33.1 Å². The maximum Gasteiger partial charge on any atom is 0.243 e. The van der Waals surface area contributed by atoms with Crippen molar-refractivity contribution in [2.24, 2.45) is 0 Å². The van der Waals surface area contributed by atoms with Crippen molar-refractivity contribution in [3.8, 4) is 5.75 Å². The molecule has 2 heterocycles. The zero-order valence-electron chi connectivity index (χ0n) is 17.8. The van der Waals surface area contributed by atoms with Crippen molar-refractivity contribution >= 4 is 49.8 Å². The molecule has 0 atom stereocenters. The first-order valence-corrected chi connectivity index (χ1v) is 13.2. The van der Waals surface area contributed by atoms with Gasteiger partial charge in [-0.1, -0.05) is 29.5 Å². The Hall–Kier alpha value is -1.89. The molecule has 9 nitrogen and oxygen atoms in total. The van der Waals surface area contributed by atoms with Gasteiger partial charge in [0.05, 0.1) is 23.4 Å². The summed E-state index contributed by atoms with van der Waals surface area (Å²) in [6, 6.07) is 4.78. The summed E-state index contributed by atoms with van der Waals surface area (Å²) in [6.07, 6.45) is 2.75. The fourth-order valence-electron chi connectivity index (χ4n) is 3.09. The number of piperidine rings is 1. The Labute approximate surface area is 191 Å². The minimum Gasteiger partial charge on any atom is -0.495 e. The van der Waals surface area contributed by atoms with Gasteiger partial charge in [-0.25, -0.2) is 8.42 Å². The number of anilines is 2. The maximum absolute atomic E-state index is 13.0. The molecule has 0 saturated carbocycles. The summed E-state index contributed by atoms with van der Waals surface area (Å²) in [5.74, 6) is 0.224. The van der Waals surface area contributed by atoms with Crippen molar-refractivity contribution in [2.45, 2.75) is 48.4 Å². The quantitative estimate of drug-likeness (QED) is 0.520. The zero-order chi connectivity index (χ0) is 22.4. The molecule has 0 bridgehead atoms. The Morgan fingerprint density at radius 2 is 2.00 bits per heavy atom. The molecule has 1 amide bonds. The van der Waals surface area contributed by atoms with E-state index in [0.717, 1.165) is 19.3 Å². The molecule has 1 fully saturated rings. The van der Waals surface area contributed by atoms with Crippen LogP contribution in [0.3, 0.4) is 0 Å². The fourth-order valence-corrected chi connectivity index (χ4v) is 6.33. The highest BCUT2D eigenvalue weighted by molar-refractivity contribution is 8.01. The van der Waals surface area contributed by atoms with Crippen LogP contribution >= 0.6 is 23.1 Å². The molecular formula is C19H27N5O4S3. The smallest absolute Gasteiger partial charge is 0.243 e. The molecule has 0 radical (unpaired) electrons. The summed E-state index contributed by atoms with van der Waals surface area (Å²) in [4.78, 5) is 12.6. The largest absolute Gasteiger partial charge is 0.495 e. The standard InChI is InChI=1S/C19H27N5O4S3/c1-13(2)20-18-22-23-19(30-18)29-12-17(25)21-15-11-14(7-8-16(15)28-3)31(26,27)24-9-5-4-6-10-24/h7-8,11,13H,4-6,9-10,12H2,1-3H3,(H,20,22)(H,21,25). The third-order valence-corrected chi connectivity index (χ3v) is 8.43. The van der Waals surface area contributed by atoms with Crippen LogP contribution in [-0.4, -0.2) is 60.8 Å². The summed E-state index contributed by atoms with van der Waals surface area (Å²) in [7, 11) is -2.13. The summed E-state index contributed by atoms with van der Waals surface area (Å²) in [6.45, 7) is 5.05. The van der Waals surface area contributed by atoms with Gasteiger partial charge in [-0.3, -0.25) is 4.79 Å². The molecule has 1 aliphatic rings. The highest BCUT2D eigenvalue weighted by Crippen LogP contribution is 2.31. The van der Waals surface area contributed by atoms with Crippen LogP contribution in [0.15, 0.2) is 27.4 Å². The van der Waals surface area contributed by atoms with E-state index in [-0.39, 0.29) is 22.6 Å². The normalized spacial score (nSPS) is 15.1. The highest BCUT2D eigenvalue weighted by atomic mass is 32.2. The molecule has 1 aromatic heterocycles. The van der Waals surface area contributed by atoms with Gasteiger partial charge in [0.2, 0.25) is 21.1 Å². The summed E-state index contributed by atoms with van der Waals surface area (Å²) in [5.41, 5.74) is 0.325. The molecule has 12 heteroatoms. The number of hydrogen-bond donors (Lipinski definition) is 2. The molecule has 170 valence electrons. The van der Waals surface area contributed by atoms with Gasteiger partial charge in [0, 0.05) is 19.1 Å². The van der Waals surface area contributed by atoms with Crippen molar-refractivity contribution in [2.75, 3.05) is 36.6 Å². The number of aromatic nitrogens is 2. The third-order valence-electron chi connectivity index (χ3n) is 4.54. The molecule has 1 aliphatic heterocycles. The SMILES string of the molecule is COc1ccc(S(=O)(=O)N2CCCCC2)cc1NC(=O)CSc1nnc(NC(C)C)s1. The number of nitrogens with zero attached hydrogens (tertiary/aromatic N) is 3. The highest BCUT2D eigenvalue weighted by Gasteiger charge is 2.27. The third kappa shape index (κ3) is 6.31. The molecule has 3 rings (SSSR count). The van der Waals surface area contributed by atoms with Crippen LogP contribution < -0.4 is 15.4 Å². The minimum absolute atomic E-state index is 0.114. The van der Waals surface area contributed by atoms with Crippen LogP contribution in [0.2, 0.25) is 0 Å². The van der Waals surface area contributed by atoms with Crippen molar-refractivity contribution in [1.29, 1.82) is 0 Å². The molecule has 0 spiro atoms. The molecule has 2 aromatic rings. The van der Waals surface area contributed by atoms with E-state index in [4.69, 9.17) is 4.74 Å². The first-order chi connectivity index (χ1) is 14.8. The predicted molar refractivity (Wildman–Crippen MR) is 124 cm³/mol. The van der Waals surface area contributed by atoms with E-state index in [1.54, 1.807) is 6.07 Å². The average Bonchev–Trinajstić information content (AvgIpc) is 3.19. The number of carbonyl (C=O) groups is 1. The summed E-state index contributed by atoms with van der Waals surface area (Å²) < 4.78 is 33.4. The molecule has 1 aromatic carbocycles. The topological polar surface area (TPSA) is 114 Å². The Morgan fingerprint density at radius 1 is 1.26 bits per heavy atom. The van der Waals surface area contributed by atoms with Gasteiger partial charge in [-0.2, -0.15) is 4.31 Å². The summed E-state index contributed by atoms with van der Waals surface area (Å²) >= 11 is 2.65. The van der Waals surface area contributed by atoms with E-state index in [9.17, 15) is 13.2 Å². The predicted octanol–water partition coefficient (Wildman–Crippen LogP) is 3.27. The van der Waals surface area contributed by atoms with Gasteiger partial charge in [-0.05, 0) is 44.9 Å². The lowest BCUT2D eigenvalue weighted by Crippen LogP contribution is -2.35. The Bertz CT molecular complexity index is 1000. The van der Waals surface area contributed by atoms with Crippen molar-refractivity contribution in [3.63, 3.8) is 0 Å². The average molecular weight is 486 g/mol. The van der Waals surface area contributed by atoms with E-state index in [1.165, 1.54) is 46.6 Å². The van der Waals surface area contributed by atoms with Gasteiger partial charge in [0.1, 0.15) is 5.75 Å². The zero-order valence-corrected chi connectivity index (χ0v) is 20.2. The van der Waals surface area contributed by atoms with Gasteiger partial charge in [-0.15, -0.1) is 10.2 Å². The van der Waals surface area contributed by atoms with E-state index in [0.29, 0.717) is 34.0 Å². The number of rotatable bonds is 9. The van der Waals surface area contributed by atoms with E-state index in [2.05, 4.69) is 20.8 Å². The van der Waals surface area contributed by atoms with Crippen LogP contribution in [0.5, 0.6) is 5.75 Å². The van der Waals surface area contributed by atoms with Gasteiger partial charge in [0.15, 0.2) is 4.34 Å². The number of hydrogen-bond acceptors (Lipinski definition) is 9. The van der Waals surface area contributed by atoms with Gasteiger partial charge in [0.25, 0.3) is 0 Å². The van der Waals surface area contributed by atoms with Crippen molar-refractivity contribution < 1.29 is 17.9 Å². The van der Waals surface area contributed by atoms with E-state index < -0.39 is 10.0 Å². The van der Waals surface area contributed by atoms with E-state index >= 15 is 0 Å². The molecular weight excluding hydrogens is 458 g/mol. The van der Waals surface area contributed by atoms with Gasteiger partial charge >= 0.3 is 0 Å². The first-order valence-electron chi connectivity index (χ1n) is 10.0. The van der Waals surface area contributed by atoms with Crippen molar-refractivity contribution in [3.05, 3.63) is 18.2 Å². The molecule has 31 heavy (non-hydrogen) atoms. The number of sulfonamides is 1. The van der Waals surface area contributed by atoms with Crippen LogP contribution in [0, 0.1) is 0 Å². The molecule has 0 unspecified atom stereocenters. The van der Waals surface area contributed by atoms with Crippen molar-refractivity contribution in [1.82, 2.24) is 14.5 Å². The lowest BCUT2D eigenvalue weighted by molar-refractivity contribution is -0.113. The molecule has 0 aliphatic carbocycles. The van der Waals surface area contributed by atoms with E-state index in [1.807, 2.05) is 13.8 Å². The maximum atomic E-state index is 13.0.